The summed E-state index contributed by atoms with van der Waals surface area (Å²) in [5.74, 6) is 1.33. The van der Waals surface area contributed by atoms with Crippen LogP contribution in [0.4, 0.5) is 0 Å². The van der Waals surface area contributed by atoms with Crippen molar-refractivity contribution < 1.29 is 4.74 Å². The zero-order valence-electron chi connectivity index (χ0n) is 20.3. The fourth-order valence-electron chi connectivity index (χ4n) is 4.76. The molecule has 0 spiro atoms. The predicted octanol–water partition coefficient (Wildman–Crippen LogP) is 3.57. The molecular weight excluding hydrogens is 513 g/mol. The van der Waals surface area contributed by atoms with Gasteiger partial charge in [-0.1, -0.05) is 43.7 Å². The molecule has 0 aliphatic carbocycles. The van der Waals surface area contributed by atoms with Crippen LogP contribution in [-0.4, -0.2) is 81.3 Å². The lowest BCUT2D eigenvalue weighted by atomic mass is 9.84. The van der Waals surface area contributed by atoms with Gasteiger partial charge < -0.3 is 20.3 Å². The van der Waals surface area contributed by atoms with Gasteiger partial charge in [0.2, 0.25) is 0 Å². The van der Waals surface area contributed by atoms with E-state index in [1.807, 2.05) is 13.1 Å². The highest BCUT2D eigenvalue weighted by molar-refractivity contribution is 14.0. The number of nitrogens with one attached hydrogen (secondary N) is 2. The summed E-state index contributed by atoms with van der Waals surface area (Å²) < 4.78 is 5.90. The second-order valence-electron chi connectivity index (χ2n) is 9.49. The molecule has 7 heteroatoms. The number of guanidine groups is 1. The van der Waals surface area contributed by atoms with E-state index in [2.05, 4.69) is 63.7 Å². The average molecular weight is 558 g/mol. The summed E-state index contributed by atoms with van der Waals surface area (Å²) in [6.45, 7) is 10.3. The van der Waals surface area contributed by atoms with Crippen LogP contribution in [0, 0.1) is 5.92 Å². The summed E-state index contributed by atoms with van der Waals surface area (Å²) in [6.07, 6.45) is 6.53. The Kier molecular flexibility index (Phi) is 12.3. The molecule has 2 N–H and O–H groups in total. The Bertz CT molecular complexity index is 658. The molecule has 6 nitrogen and oxygen atoms in total. The van der Waals surface area contributed by atoms with E-state index in [1.165, 1.54) is 63.8 Å². The van der Waals surface area contributed by atoms with Crippen molar-refractivity contribution in [2.45, 2.75) is 51.2 Å². The summed E-state index contributed by atoms with van der Waals surface area (Å²) in [4.78, 5) is 9.72. The van der Waals surface area contributed by atoms with Crippen molar-refractivity contribution in [3.63, 3.8) is 0 Å². The fraction of sp³-hybridized carbons (Fsp3) is 0.720. The highest BCUT2D eigenvalue weighted by atomic mass is 127. The van der Waals surface area contributed by atoms with E-state index < -0.39 is 0 Å². The van der Waals surface area contributed by atoms with Gasteiger partial charge in [0.05, 0.1) is 13.2 Å². The lowest BCUT2D eigenvalue weighted by molar-refractivity contribution is 0.0173. The van der Waals surface area contributed by atoms with Gasteiger partial charge in [-0.05, 0) is 70.4 Å². The second-order valence-corrected chi connectivity index (χ2v) is 9.49. The van der Waals surface area contributed by atoms with Crippen molar-refractivity contribution in [2.75, 3.05) is 60.0 Å². The number of halogens is 1. The second kappa shape index (κ2) is 14.4. The molecule has 0 bridgehead atoms. The van der Waals surface area contributed by atoms with Gasteiger partial charge in [0, 0.05) is 25.7 Å². The van der Waals surface area contributed by atoms with Crippen LogP contribution in [0.3, 0.4) is 0 Å². The molecule has 2 aliphatic heterocycles. The van der Waals surface area contributed by atoms with Crippen molar-refractivity contribution >= 4 is 29.9 Å². The van der Waals surface area contributed by atoms with Gasteiger partial charge in [-0.2, -0.15) is 0 Å². The Morgan fingerprint density at radius 2 is 1.75 bits per heavy atom. The first-order valence-electron chi connectivity index (χ1n) is 12.1. The van der Waals surface area contributed by atoms with Crippen LogP contribution in [0.25, 0.3) is 0 Å². The molecule has 32 heavy (non-hydrogen) atoms. The molecule has 0 radical (unpaired) electrons. The topological polar surface area (TPSA) is 52.1 Å². The van der Waals surface area contributed by atoms with E-state index in [1.54, 1.807) is 0 Å². The summed E-state index contributed by atoms with van der Waals surface area (Å²) in [6, 6.07) is 10.4. The van der Waals surface area contributed by atoms with E-state index in [4.69, 9.17) is 4.74 Å². The molecule has 0 saturated carbocycles. The Morgan fingerprint density at radius 3 is 2.41 bits per heavy atom. The molecule has 1 unspecified atom stereocenters. The minimum absolute atomic E-state index is 0. The Morgan fingerprint density at radius 1 is 1.06 bits per heavy atom. The Balaban J connectivity index is 0.00000363. The van der Waals surface area contributed by atoms with Gasteiger partial charge >= 0.3 is 0 Å². The van der Waals surface area contributed by atoms with Crippen molar-refractivity contribution in [3.8, 4) is 0 Å². The normalized spacial score (nSPS) is 20.9. The molecule has 1 aromatic carbocycles. The summed E-state index contributed by atoms with van der Waals surface area (Å²) in [7, 11) is 4.11. The third kappa shape index (κ3) is 8.47. The van der Waals surface area contributed by atoms with Crippen LogP contribution in [0.2, 0.25) is 0 Å². The van der Waals surface area contributed by atoms with Crippen LogP contribution in [-0.2, 0) is 11.3 Å². The number of likely N-dealkylation sites (tertiary alicyclic amines) is 2. The average Bonchev–Trinajstić information content (AvgIpc) is 2.82. The number of hydrogen-bond donors (Lipinski definition) is 2. The molecule has 182 valence electrons. The maximum atomic E-state index is 5.90. The zero-order chi connectivity index (χ0) is 21.9. The fourth-order valence-corrected chi connectivity index (χ4v) is 4.76. The van der Waals surface area contributed by atoms with Gasteiger partial charge in [0.25, 0.3) is 0 Å². The predicted molar refractivity (Wildman–Crippen MR) is 145 cm³/mol. The highest BCUT2D eigenvalue weighted by Gasteiger charge is 2.39. The van der Waals surface area contributed by atoms with Crippen LogP contribution < -0.4 is 10.6 Å². The maximum absolute atomic E-state index is 5.90. The largest absolute Gasteiger partial charge is 0.376 e. The first kappa shape index (κ1) is 27.3. The van der Waals surface area contributed by atoms with Crippen LogP contribution >= 0.6 is 24.0 Å². The van der Waals surface area contributed by atoms with E-state index >= 15 is 0 Å². The minimum Gasteiger partial charge on any atom is -0.376 e. The molecule has 2 fully saturated rings. The van der Waals surface area contributed by atoms with Crippen LogP contribution in [0.5, 0.6) is 0 Å². The smallest absolute Gasteiger partial charge is 0.191 e. The summed E-state index contributed by atoms with van der Waals surface area (Å²) >= 11 is 0. The van der Waals surface area contributed by atoms with E-state index in [0.717, 1.165) is 25.7 Å². The quantitative estimate of drug-likeness (QED) is 0.276. The van der Waals surface area contributed by atoms with Gasteiger partial charge in [0.1, 0.15) is 0 Å². The zero-order valence-corrected chi connectivity index (χ0v) is 22.6. The van der Waals surface area contributed by atoms with Gasteiger partial charge in [-0.3, -0.25) is 9.89 Å². The van der Waals surface area contributed by atoms with Gasteiger partial charge in [0.15, 0.2) is 5.96 Å². The SMILES string of the molecule is CN=C(NCC(C)COCc1ccccc1)NCC1(N2CCCCC2)CCN(C)CC1.I. The lowest BCUT2D eigenvalue weighted by Crippen LogP contribution is -2.62. The van der Waals surface area contributed by atoms with E-state index in [-0.39, 0.29) is 29.5 Å². The molecule has 3 rings (SSSR count). The number of piperidine rings is 2. The maximum Gasteiger partial charge on any atom is 0.191 e. The molecule has 0 aromatic heterocycles. The van der Waals surface area contributed by atoms with Crippen molar-refractivity contribution in [1.29, 1.82) is 0 Å². The summed E-state index contributed by atoms with van der Waals surface area (Å²) in [5.41, 5.74) is 1.48. The van der Waals surface area contributed by atoms with Crippen molar-refractivity contribution in [3.05, 3.63) is 35.9 Å². The molecule has 1 atom stereocenters. The minimum atomic E-state index is 0. The number of benzene rings is 1. The highest BCUT2D eigenvalue weighted by Crippen LogP contribution is 2.30. The van der Waals surface area contributed by atoms with Gasteiger partial charge in [-0.25, -0.2) is 0 Å². The third-order valence-corrected chi connectivity index (χ3v) is 6.89. The number of aliphatic imine (C=N–C) groups is 1. The molecule has 2 heterocycles. The number of ether oxygens (including phenoxy) is 1. The molecule has 2 saturated heterocycles. The first-order valence-corrected chi connectivity index (χ1v) is 12.1. The molecular formula is C25H44IN5O. The molecule has 2 aliphatic rings. The molecule has 1 aromatic rings. The summed E-state index contributed by atoms with van der Waals surface area (Å²) in [5, 5.41) is 7.18. The van der Waals surface area contributed by atoms with Crippen molar-refractivity contribution in [2.24, 2.45) is 10.9 Å². The van der Waals surface area contributed by atoms with Crippen molar-refractivity contribution in [1.82, 2.24) is 20.4 Å². The molecule has 0 amide bonds. The number of hydrogen-bond acceptors (Lipinski definition) is 4. The number of rotatable bonds is 9. The van der Waals surface area contributed by atoms with E-state index in [9.17, 15) is 0 Å². The first-order chi connectivity index (χ1) is 15.1. The Hall–Kier alpha value is -0.900. The van der Waals surface area contributed by atoms with Gasteiger partial charge in [-0.15, -0.1) is 24.0 Å². The monoisotopic (exact) mass is 557 g/mol. The number of nitrogens with zero attached hydrogens (tertiary/aromatic N) is 3. The third-order valence-electron chi connectivity index (χ3n) is 6.89. The van der Waals surface area contributed by atoms with Crippen LogP contribution in [0.15, 0.2) is 35.3 Å². The standard InChI is InChI=1S/C25H43N5O.HI/c1-22(19-31-20-23-10-6-4-7-11-23)18-27-24(26-2)28-21-25(12-16-29(3)17-13-25)30-14-8-5-9-15-30;/h4,6-7,10-11,22H,5,8-9,12-21H2,1-3H3,(H2,26,27,28);1H. The Labute approximate surface area is 212 Å². The lowest BCUT2D eigenvalue weighted by Gasteiger charge is -2.50. The van der Waals surface area contributed by atoms with Crippen LogP contribution in [0.1, 0.15) is 44.6 Å². The van der Waals surface area contributed by atoms with E-state index in [0.29, 0.717) is 12.5 Å².